The van der Waals surface area contributed by atoms with Crippen LogP contribution in [-0.4, -0.2) is 22.0 Å². The fraction of sp³-hybridized carbons (Fsp3) is 0.0417. The average Bonchev–Trinajstić information content (AvgIpc) is 3.04. The Bertz CT molecular complexity index is 1300. The van der Waals surface area contributed by atoms with Crippen LogP contribution in [-0.2, 0) is 11.3 Å². The molecule has 0 N–H and O–H groups in total. The topological polar surface area (TPSA) is 63.7 Å². The number of carbonyl (C=O) groups excluding carboxylic acids is 3. The maximum absolute atomic E-state index is 13.1. The molecule has 0 spiro atoms. The van der Waals surface area contributed by atoms with Crippen LogP contribution in [0.15, 0.2) is 76.1 Å². The summed E-state index contributed by atoms with van der Waals surface area (Å²) in [4.78, 5) is 39.2. The van der Waals surface area contributed by atoms with Crippen molar-refractivity contribution in [1.82, 2.24) is 4.90 Å². The van der Waals surface area contributed by atoms with Gasteiger partial charge in [0.1, 0.15) is 11.6 Å². The van der Waals surface area contributed by atoms with Crippen LogP contribution in [0.4, 0.5) is 9.18 Å². The minimum Gasteiger partial charge on any atom is -0.422 e. The number of halogens is 3. The number of hydrogen-bond acceptors (Lipinski definition) is 5. The number of thioether (sulfide) groups is 1. The Balaban J connectivity index is 1.58. The summed E-state index contributed by atoms with van der Waals surface area (Å²) in [5.41, 5.74) is 1.33. The maximum Gasteiger partial charge on any atom is 0.343 e. The fourth-order valence-electron chi connectivity index (χ4n) is 3.05. The lowest BCUT2D eigenvalue weighted by Gasteiger charge is -2.12. The SMILES string of the molecule is O=C(Oc1ccc(Br)cc1/C=C1\SC(=O)N(Cc2ccc(F)cc2)C1=O)c1cccc(Cl)c1. The molecule has 166 valence electrons. The van der Waals surface area contributed by atoms with Crippen molar-refractivity contribution in [1.29, 1.82) is 0 Å². The highest BCUT2D eigenvalue weighted by Gasteiger charge is 2.35. The van der Waals surface area contributed by atoms with E-state index in [0.29, 0.717) is 20.6 Å². The number of hydrogen-bond donors (Lipinski definition) is 0. The molecule has 1 aliphatic rings. The monoisotopic (exact) mass is 545 g/mol. The standard InChI is InChI=1S/C24H14BrClFNO4S/c25-17-6-9-20(32-23(30)15-2-1-3-18(26)11-15)16(10-17)12-21-22(29)28(24(31)33-21)13-14-4-7-19(27)8-5-14/h1-12H,13H2/b21-12-. The molecular weight excluding hydrogens is 533 g/mol. The molecule has 0 bridgehead atoms. The molecule has 3 aromatic carbocycles. The molecule has 1 heterocycles. The van der Waals surface area contributed by atoms with E-state index in [1.165, 1.54) is 36.4 Å². The summed E-state index contributed by atoms with van der Waals surface area (Å²) < 4.78 is 19.4. The molecule has 0 unspecified atom stereocenters. The average molecular weight is 547 g/mol. The van der Waals surface area contributed by atoms with Crippen molar-refractivity contribution >= 4 is 62.5 Å². The summed E-state index contributed by atoms with van der Waals surface area (Å²) in [5.74, 6) is -1.28. The van der Waals surface area contributed by atoms with E-state index < -0.39 is 22.9 Å². The van der Waals surface area contributed by atoms with Crippen LogP contribution in [0.1, 0.15) is 21.5 Å². The number of benzene rings is 3. The Kier molecular flexibility index (Phi) is 6.97. The highest BCUT2D eigenvalue weighted by Crippen LogP contribution is 2.36. The zero-order valence-corrected chi connectivity index (χ0v) is 19.9. The molecule has 0 aromatic heterocycles. The second-order valence-corrected chi connectivity index (χ2v) is 9.32. The molecule has 1 saturated heterocycles. The van der Waals surface area contributed by atoms with Gasteiger partial charge in [0, 0.05) is 15.1 Å². The quantitative estimate of drug-likeness (QED) is 0.202. The molecule has 0 radical (unpaired) electrons. The molecule has 1 aliphatic heterocycles. The number of imide groups is 1. The van der Waals surface area contributed by atoms with Crippen LogP contribution in [0.5, 0.6) is 5.75 Å². The molecule has 33 heavy (non-hydrogen) atoms. The highest BCUT2D eigenvalue weighted by molar-refractivity contribution is 9.10. The van der Waals surface area contributed by atoms with E-state index in [0.717, 1.165) is 16.7 Å². The van der Waals surface area contributed by atoms with Gasteiger partial charge in [-0.25, -0.2) is 9.18 Å². The Hall–Kier alpha value is -2.94. The molecule has 9 heteroatoms. The predicted molar refractivity (Wildman–Crippen MR) is 128 cm³/mol. The lowest BCUT2D eigenvalue weighted by molar-refractivity contribution is -0.123. The number of esters is 1. The van der Waals surface area contributed by atoms with Gasteiger partial charge in [0.25, 0.3) is 11.1 Å². The third-order valence-electron chi connectivity index (χ3n) is 4.65. The van der Waals surface area contributed by atoms with Crippen LogP contribution in [0.3, 0.4) is 0 Å². The third kappa shape index (κ3) is 5.52. The molecule has 0 aliphatic carbocycles. The smallest absolute Gasteiger partial charge is 0.343 e. The second kappa shape index (κ2) is 9.91. The maximum atomic E-state index is 13.1. The summed E-state index contributed by atoms with van der Waals surface area (Å²) in [6, 6.07) is 16.9. The van der Waals surface area contributed by atoms with Crippen LogP contribution < -0.4 is 4.74 Å². The first-order valence-corrected chi connectivity index (χ1v) is 11.6. The summed E-state index contributed by atoms with van der Waals surface area (Å²) in [5, 5.41) is -0.0432. The van der Waals surface area contributed by atoms with Crippen molar-refractivity contribution in [3.05, 3.63) is 104 Å². The fourth-order valence-corrected chi connectivity index (χ4v) is 4.45. The number of ether oxygens (including phenoxy) is 1. The van der Waals surface area contributed by atoms with Crippen molar-refractivity contribution in [2.45, 2.75) is 6.54 Å². The van der Waals surface area contributed by atoms with Crippen LogP contribution in [0.2, 0.25) is 5.02 Å². The first-order chi connectivity index (χ1) is 15.8. The van der Waals surface area contributed by atoms with Gasteiger partial charge in [0.15, 0.2) is 0 Å². The summed E-state index contributed by atoms with van der Waals surface area (Å²) in [6.45, 7) is 0.0252. The number of nitrogens with zero attached hydrogens (tertiary/aromatic N) is 1. The molecule has 1 fully saturated rings. The van der Waals surface area contributed by atoms with Crippen LogP contribution in [0, 0.1) is 5.82 Å². The van der Waals surface area contributed by atoms with Gasteiger partial charge in [0.2, 0.25) is 0 Å². The first-order valence-electron chi connectivity index (χ1n) is 9.57. The van der Waals surface area contributed by atoms with E-state index in [1.807, 2.05) is 0 Å². The van der Waals surface area contributed by atoms with Crippen molar-refractivity contribution < 1.29 is 23.5 Å². The molecule has 5 nitrogen and oxygen atoms in total. The minimum absolute atomic E-state index is 0.0252. The largest absolute Gasteiger partial charge is 0.422 e. The predicted octanol–water partition coefficient (Wildman–Crippen LogP) is 6.70. The van der Waals surface area contributed by atoms with Crippen LogP contribution in [0.25, 0.3) is 6.08 Å². The highest BCUT2D eigenvalue weighted by atomic mass is 79.9. The lowest BCUT2D eigenvalue weighted by Crippen LogP contribution is -2.27. The first kappa shape index (κ1) is 23.2. The van der Waals surface area contributed by atoms with Gasteiger partial charge in [-0.3, -0.25) is 14.5 Å². The van der Waals surface area contributed by atoms with Gasteiger partial charge in [-0.05, 0) is 71.9 Å². The molecule has 2 amide bonds. The minimum atomic E-state index is -0.612. The van der Waals surface area contributed by atoms with E-state index in [4.69, 9.17) is 16.3 Å². The van der Waals surface area contributed by atoms with E-state index in [2.05, 4.69) is 15.9 Å². The van der Waals surface area contributed by atoms with Crippen molar-refractivity contribution in [2.75, 3.05) is 0 Å². The van der Waals surface area contributed by atoms with E-state index in [9.17, 15) is 18.8 Å². The van der Waals surface area contributed by atoms with Gasteiger partial charge >= 0.3 is 5.97 Å². The number of amides is 2. The molecule has 0 saturated carbocycles. The Morgan fingerprint density at radius 1 is 1.09 bits per heavy atom. The summed E-state index contributed by atoms with van der Waals surface area (Å²) >= 11 is 10.1. The summed E-state index contributed by atoms with van der Waals surface area (Å²) in [6.07, 6.45) is 1.50. The van der Waals surface area contributed by atoms with Crippen molar-refractivity contribution in [3.63, 3.8) is 0 Å². The number of rotatable bonds is 5. The van der Waals surface area contributed by atoms with Crippen molar-refractivity contribution in [3.8, 4) is 5.75 Å². The molecule has 3 aromatic rings. The van der Waals surface area contributed by atoms with E-state index in [1.54, 1.807) is 36.4 Å². The number of carbonyl (C=O) groups is 3. The van der Waals surface area contributed by atoms with E-state index >= 15 is 0 Å². The zero-order chi connectivity index (χ0) is 23.5. The second-order valence-electron chi connectivity index (χ2n) is 6.98. The normalized spacial score (nSPS) is 14.8. The molecule has 0 atom stereocenters. The van der Waals surface area contributed by atoms with Crippen molar-refractivity contribution in [2.24, 2.45) is 0 Å². The molecular formula is C24H14BrClFNO4S. The Morgan fingerprint density at radius 2 is 1.85 bits per heavy atom. The Morgan fingerprint density at radius 3 is 2.58 bits per heavy atom. The third-order valence-corrected chi connectivity index (χ3v) is 6.28. The lowest BCUT2D eigenvalue weighted by atomic mass is 10.1. The van der Waals surface area contributed by atoms with Gasteiger partial charge in [-0.2, -0.15) is 0 Å². The van der Waals surface area contributed by atoms with Gasteiger partial charge < -0.3 is 4.74 Å². The van der Waals surface area contributed by atoms with Gasteiger partial charge in [-0.1, -0.05) is 45.7 Å². The zero-order valence-electron chi connectivity index (χ0n) is 16.8. The van der Waals surface area contributed by atoms with Crippen LogP contribution >= 0.6 is 39.3 Å². The van der Waals surface area contributed by atoms with Gasteiger partial charge in [-0.15, -0.1) is 0 Å². The molecule has 4 rings (SSSR count). The Labute approximate surface area is 206 Å². The van der Waals surface area contributed by atoms with E-state index in [-0.39, 0.29) is 22.8 Å². The van der Waals surface area contributed by atoms with Gasteiger partial charge in [0.05, 0.1) is 17.0 Å². The summed E-state index contributed by atoms with van der Waals surface area (Å²) in [7, 11) is 0.